The number of rotatable bonds is 8. The van der Waals surface area contributed by atoms with Crippen LogP contribution >= 0.6 is 11.3 Å². The first-order chi connectivity index (χ1) is 16.0. The van der Waals surface area contributed by atoms with E-state index >= 15 is 0 Å². The molecule has 9 heteroatoms. The maximum absolute atomic E-state index is 13.1. The molecule has 0 spiro atoms. The first-order valence-electron chi connectivity index (χ1n) is 10.7. The predicted molar refractivity (Wildman–Crippen MR) is 127 cm³/mol. The second-order valence-electron chi connectivity index (χ2n) is 7.80. The van der Waals surface area contributed by atoms with Crippen molar-refractivity contribution in [2.75, 3.05) is 52.3 Å². The molecular weight excluding hydrogens is 443 g/mol. The minimum atomic E-state index is -0.246. The summed E-state index contributed by atoms with van der Waals surface area (Å²) in [5.74, 6) is 0.918. The van der Waals surface area contributed by atoms with Gasteiger partial charge in [-0.05, 0) is 36.4 Å². The van der Waals surface area contributed by atoms with Gasteiger partial charge in [-0.3, -0.25) is 14.6 Å². The third-order valence-electron chi connectivity index (χ3n) is 5.57. The van der Waals surface area contributed by atoms with Gasteiger partial charge in [0.15, 0.2) is 0 Å². The topological polar surface area (TPSA) is 66.9 Å². The summed E-state index contributed by atoms with van der Waals surface area (Å²) in [6.45, 7) is 4.45. The van der Waals surface area contributed by atoms with E-state index in [1.165, 1.54) is 12.1 Å². The summed E-state index contributed by atoms with van der Waals surface area (Å²) >= 11 is 1.62. The van der Waals surface area contributed by atoms with Crippen molar-refractivity contribution >= 4 is 22.9 Å². The van der Waals surface area contributed by atoms with Gasteiger partial charge in [0.25, 0.3) is 0 Å². The number of carbonyl (C=O) groups excluding carboxylic acids is 1. The lowest BCUT2D eigenvalue weighted by Crippen LogP contribution is -2.48. The largest absolute Gasteiger partial charge is 0.497 e. The molecule has 7 nitrogen and oxygen atoms in total. The summed E-state index contributed by atoms with van der Waals surface area (Å²) in [5.41, 5.74) is 2.42. The lowest BCUT2D eigenvalue weighted by molar-refractivity contribution is -0.117. The van der Waals surface area contributed by atoms with Crippen LogP contribution in [0.3, 0.4) is 0 Å². The Hall–Kier alpha value is -3.01. The van der Waals surface area contributed by atoms with Crippen LogP contribution in [0.5, 0.6) is 11.5 Å². The van der Waals surface area contributed by atoms with E-state index in [4.69, 9.17) is 14.5 Å². The molecule has 1 fully saturated rings. The smallest absolute Gasteiger partial charge is 0.238 e. The number of thiazole rings is 1. The molecule has 1 aliphatic heterocycles. The van der Waals surface area contributed by atoms with Gasteiger partial charge in [-0.1, -0.05) is 0 Å². The maximum atomic E-state index is 13.1. The number of carbonyl (C=O) groups is 1. The van der Waals surface area contributed by atoms with E-state index in [2.05, 4.69) is 15.1 Å². The number of nitrogens with zero attached hydrogens (tertiary/aromatic N) is 3. The first kappa shape index (κ1) is 23.2. The molecule has 3 aromatic rings. The minimum absolute atomic E-state index is 0.0734. The molecule has 2 heterocycles. The maximum Gasteiger partial charge on any atom is 0.238 e. The van der Waals surface area contributed by atoms with Crippen LogP contribution in [-0.2, 0) is 11.3 Å². The average molecular weight is 471 g/mol. The van der Waals surface area contributed by atoms with Crippen LogP contribution in [0.2, 0.25) is 0 Å². The number of amides is 1. The third kappa shape index (κ3) is 6.07. The number of benzene rings is 2. The van der Waals surface area contributed by atoms with Gasteiger partial charge in [-0.25, -0.2) is 9.37 Å². The Balaban J connectivity index is 1.25. The molecule has 33 heavy (non-hydrogen) atoms. The summed E-state index contributed by atoms with van der Waals surface area (Å²) < 4.78 is 23.7. The van der Waals surface area contributed by atoms with E-state index < -0.39 is 0 Å². The highest BCUT2D eigenvalue weighted by atomic mass is 32.1. The minimum Gasteiger partial charge on any atom is -0.497 e. The Kier molecular flexibility index (Phi) is 7.54. The standard InChI is InChI=1S/C24H27FN4O3S/c1-31-19-7-8-20(22(13-19)32-2)26-23(30)14-28-9-11-29(12-10-28)15-24-27-21(16-33-24)17-3-5-18(25)6-4-17/h3-8,13,16H,9-12,14-15H2,1-2H3,(H,26,30). The fourth-order valence-corrected chi connectivity index (χ4v) is 4.57. The monoisotopic (exact) mass is 470 g/mol. The van der Waals surface area contributed by atoms with Gasteiger partial charge in [0.05, 0.1) is 38.7 Å². The number of hydrogen-bond donors (Lipinski definition) is 1. The molecule has 2 aromatic carbocycles. The molecular formula is C24H27FN4O3S. The van der Waals surface area contributed by atoms with E-state index in [0.29, 0.717) is 23.7 Å². The number of aromatic nitrogens is 1. The van der Waals surface area contributed by atoms with Crippen molar-refractivity contribution in [2.24, 2.45) is 0 Å². The Morgan fingerprint density at radius 2 is 1.79 bits per heavy atom. The van der Waals surface area contributed by atoms with E-state index in [9.17, 15) is 9.18 Å². The highest BCUT2D eigenvalue weighted by molar-refractivity contribution is 7.09. The SMILES string of the molecule is COc1ccc(NC(=O)CN2CCN(Cc3nc(-c4ccc(F)cc4)cs3)CC2)c(OC)c1. The number of halogens is 1. The molecule has 4 rings (SSSR count). The third-order valence-corrected chi connectivity index (χ3v) is 6.40. The second kappa shape index (κ2) is 10.7. The number of methoxy groups -OCH3 is 2. The molecule has 1 aromatic heterocycles. The molecule has 1 N–H and O–H groups in total. The van der Waals surface area contributed by atoms with Gasteiger partial charge in [0.2, 0.25) is 5.91 Å². The van der Waals surface area contributed by atoms with Crippen molar-refractivity contribution in [2.45, 2.75) is 6.54 Å². The van der Waals surface area contributed by atoms with Crippen molar-refractivity contribution in [3.63, 3.8) is 0 Å². The van der Waals surface area contributed by atoms with Gasteiger partial charge in [0.1, 0.15) is 22.3 Å². The zero-order chi connectivity index (χ0) is 23.2. The zero-order valence-corrected chi connectivity index (χ0v) is 19.5. The van der Waals surface area contributed by atoms with Crippen LogP contribution in [0.4, 0.5) is 10.1 Å². The quantitative estimate of drug-likeness (QED) is 0.541. The number of nitrogens with one attached hydrogen (secondary N) is 1. The number of anilines is 1. The number of hydrogen-bond acceptors (Lipinski definition) is 7. The van der Waals surface area contributed by atoms with E-state index in [0.717, 1.165) is 49.0 Å². The number of ether oxygens (including phenoxy) is 2. The van der Waals surface area contributed by atoms with Crippen molar-refractivity contribution in [3.8, 4) is 22.8 Å². The first-order valence-corrected chi connectivity index (χ1v) is 11.6. The van der Waals surface area contributed by atoms with Crippen molar-refractivity contribution in [1.82, 2.24) is 14.8 Å². The molecule has 0 aliphatic carbocycles. The normalized spacial score (nSPS) is 14.8. The summed E-state index contributed by atoms with van der Waals surface area (Å²) in [5, 5.41) is 5.97. The summed E-state index contributed by atoms with van der Waals surface area (Å²) in [6, 6.07) is 11.7. The Morgan fingerprint density at radius 3 is 2.48 bits per heavy atom. The molecule has 1 saturated heterocycles. The van der Waals surface area contributed by atoms with Gasteiger partial charge in [-0.15, -0.1) is 11.3 Å². The van der Waals surface area contributed by atoms with Gasteiger partial charge in [0, 0.05) is 43.2 Å². The van der Waals surface area contributed by atoms with E-state index in [1.807, 2.05) is 5.38 Å². The Morgan fingerprint density at radius 1 is 1.06 bits per heavy atom. The van der Waals surface area contributed by atoms with Gasteiger partial charge in [-0.2, -0.15) is 0 Å². The predicted octanol–water partition coefficient (Wildman–Crippen LogP) is 3.72. The molecule has 0 bridgehead atoms. The highest BCUT2D eigenvalue weighted by Gasteiger charge is 2.20. The molecule has 0 atom stereocenters. The van der Waals surface area contributed by atoms with Crippen LogP contribution in [-0.4, -0.2) is 67.6 Å². The summed E-state index contributed by atoms with van der Waals surface area (Å²) in [7, 11) is 3.15. The molecule has 0 unspecified atom stereocenters. The Labute approximate surface area is 196 Å². The molecule has 0 radical (unpaired) electrons. The van der Waals surface area contributed by atoms with Gasteiger partial charge < -0.3 is 14.8 Å². The lowest BCUT2D eigenvalue weighted by Gasteiger charge is -2.33. The molecule has 1 amide bonds. The van der Waals surface area contributed by atoms with Crippen LogP contribution in [0.1, 0.15) is 5.01 Å². The zero-order valence-electron chi connectivity index (χ0n) is 18.7. The lowest BCUT2D eigenvalue weighted by atomic mass is 10.2. The molecule has 1 aliphatic rings. The van der Waals surface area contributed by atoms with Crippen molar-refractivity contribution in [1.29, 1.82) is 0 Å². The molecule has 174 valence electrons. The van der Waals surface area contributed by atoms with Crippen LogP contribution in [0, 0.1) is 5.82 Å². The van der Waals surface area contributed by atoms with Crippen LogP contribution < -0.4 is 14.8 Å². The fraction of sp³-hybridized carbons (Fsp3) is 0.333. The summed E-state index contributed by atoms with van der Waals surface area (Å²) in [6.07, 6.45) is 0. The Bertz CT molecular complexity index is 1080. The second-order valence-corrected chi connectivity index (χ2v) is 8.74. The van der Waals surface area contributed by atoms with Gasteiger partial charge >= 0.3 is 0 Å². The van der Waals surface area contributed by atoms with E-state index in [-0.39, 0.29) is 11.7 Å². The van der Waals surface area contributed by atoms with Crippen molar-refractivity contribution < 1.29 is 18.7 Å². The summed E-state index contributed by atoms with van der Waals surface area (Å²) in [4.78, 5) is 21.7. The fourth-order valence-electron chi connectivity index (χ4n) is 3.73. The molecule has 0 saturated carbocycles. The van der Waals surface area contributed by atoms with E-state index in [1.54, 1.807) is 55.9 Å². The van der Waals surface area contributed by atoms with Crippen LogP contribution in [0.15, 0.2) is 47.8 Å². The van der Waals surface area contributed by atoms with Crippen molar-refractivity contribution in [3.05, 3.63) is 58.7 Å². The highest BCUT2D eigenvalue weighted by Crippen LogP contribution is 2.29. The average Bonchev–Trinajstić information content (AvgIpc) is 3.29. The number of piperazine rings is 1. The van der Waals surface area contributed by atoms with Crippen LogP contribution in [0.25, 0.3) is 11.3 Å².